The minimum absolute atomic E-state index is 0.0269. The van der Waals surface area contributed by atoms with Crippen LogP contribution < -0.4 is 10.4 Å². The van der Waals surface area contributed by atoms with Crippen molar-refractivity contribution in [3.05, 3.63) is 71.5 Å². The maximum Gasteiger partial charge on any atom is 0.324 e. The lowest BCUT2D eigenvalue weighted by Gasteiger charge is -2.37. The van der Waals surface area contributed by atoms with Gasteiger partial charge in [0.2, 0.25) is 11.8 Å². The van der Waals surface area contributed by atoms with Crippen LogP contribution in [0.2, 0.25) is 5.54 Å². The molecule has 2 aromatic heterocycles. The molecule has 3 aliphatic heterocycles. The fourth-order valence-electron chi connectivity index (χ4n) is 10.6. The number of phenolic OH excluding ortho intramolecular Hbond substituents is 1. The largest absolute Gasteiger partial charge is 0.508 e. The van der Waals surface area contributed by atoms with E-state index in [4.69, 9.17) is 19.2 Å². The van der Waals surface area contributed by atoms with Crippen molar-refractivity contribution in [1.29, 1.82) is 4.78 Å². The van der Waals surface area contributed by atoms with E-state index in [-0.39, 0.29) is 67.1 Å². The molecule has 367 valence electrons. The third-order valence-electron chi connectivity index (χ3n) is 14.3. The van der Waals surface area contributed by atoms with Crippen LogP contribution in [0.4, 0.5) is 4.79 Å². The lowest BCUT2D eigenvalue weighted by molar-refractivity contribution is -0.154. The minimum atomic E-state index is -2.73. The second-order valence-electron chi connectivity index (χ2n) is 20.1. The number of pyridine rings is 1. The van der Waals surface area contributed by atoms with E-state index >= 15 is 0 Å². The summed E-state index contributed by atoms with van der Waals surface area (Å²) < 4.78 is 34.8. The average molecular weight is 994 g/mol. The first kappa shape index (κ1) is 50.3. The standard InChI is InChI=1S/C50H65N8O8SSi2/c1-7-57-40-17-16-33-28-37(40)38(43(57)36-14-10-18-52-44(36)50(4,68)65-6)29-49(2,3)30-66-47(62)39-15-11-19-58(53-39)46(61)41(26-31-24-34(33)27-35(59)25-31)69-54-45(60)42(32-12-8-9-13-32)55(5)48(63)56-20-22-67(51,64)23-21-56/h10,14,16-18,24-25,27-28,32,39,41-42,51,53,59H,7-9,11-13,15,19-23,26,29-30H2,1-6H3,(H,54,60)/t39-,41-,42-,50+/m0/s1. The van der Waals surface area contributed by atoms with Gasteiger partial charge in [-0.25, -0.2) is 14.4 Å². The van der Waals surface area contributed by atoms with E-state index in [1.54, 1.807) is 37.4 Å². The summed E-state index contributed by atoms with van der Waals surface area (Å²) in [7, 11) is 3.96. The van der Waals surface area contributed by atoms with Gasteiger partial charge in [0.15, 0.2) is 9.68 Å². The molecule has 4 aromatic rings. The molecule has 0 spiro atoms. The quantitative estimate of drug-likeness (QED) is 0.118. The predicted octanol–water partition coefficient (Wildman–Crippen LogP) is 5.74. The van der Waals surface area contributed by atoms with Gasteiger partial charge < -0.3 is 33.9 Å². The van der Waals surface area contributed by atoms with Crippen molar-refractivity contribution in [1.82, 2.24) is 34.8 Å². The number of fused-ring (bicyclic) bond motifs is 6. The van der Waals surface area contributed by atoms with Gasteiger partial charge in [-0.3, -0.25) is 29.2 Å². The average Bonchev–Trinajstić information content (AvgIpc) is 3.97. The van der Waals surface area contributed by atoms with Crippen LogP contribution in [-0.2, 0) is 58.2 Å². The number of aromatic nitrogens is 2. The summed E-state index contributed by atoms with van der Waals surface area (Å²) in [5.41, 5.74) is 8.74. The molecule has 69 heavy (non-hydrogen) atoms. The Balaban J connectivity index is 1.18. The molecule has 3 fully saturated rings. The zero-order valence-corrected chi connectivity index (χ0v) is 43.4. The first-order valence-electron chi connectivity index (χ1n) is 24.1. The van der Waals surface area contributed by atoms with E-state index in [1.165, 1.54) is 9.91 Å². The normalized spacial score (nSPS) is 22.4. The van der Waals surface area contributed by atoms with Crippen molar-refractivity contribution < 1.29 is 38.0 Å². The van der Waals surface area contributed by atoms with Crippen LogP contribution in [0.15, 0.2) is 54.7 Å². The van der Waals surface area contributed by atoms with Crippen molar-refractivity contribution >= 4 is 64.4 Å². The maximum absolute atomic E-state index is 14.8. The van der Waals surface area contributed by atoms with E-state index in [1.807, 2.05) is 25.1 Å². The van der Waals surface area contributed by atoms with Gasteiger partial charge >= 0.3 is 12.0 Å². The molecule has 0 unspecified atom stereocenters. The second kappa shape index (κ2) is 20.3. The summed E-state index contributed by atoms with van der Waals surface area (Å²) in [4.78, 5) is 68.1. The number of rotatable bonds is 9. The molecule has 1 aliphatic carbocycles. The zero-order valence-electron chi connectivity index (χ0n) is 40.6. The second-order valence-corrected chi connectivity index (χ2v) is 24.7. The van der Waals surface area contributed by atoms with Crippen molar-refractivity contribution in [2.24, 2.45) is 11.3 Å². The molecular formula is C50H65N8O8SSi2. The number of likely N-dealkylation sites (N-methyl/N-ethyl adjacent to an activating group) is 1. The Kier molecular flexibility index (Phi) is 14.8. The number of amides is 4. The van der Waals surface area contributed by atoms with E-state index in [2.05, 4.69) is 64.2 Å². The number of ether oxygens (including phenoxy) is 2. The van der Waals surface area contributed by atoms with E-state index in [0.717, 1.165) is 64.5 Å². The summed E-state index contributed by atoms with van der Waals surface area (Å²) >= 11 is 0. The SMILES string of the molecule is CCn1c(-c2cccnc2[C@@](C)([Si])OC)c2c3cc(ccc31)-c1cc(O)cc(c1)C[C@H]([Si]NC(=O)[C@H](C1CCCC1)N(C)C(=O)N1CCS(=N)(=O)CC1)C(=O)N1CCC[C@H](N1)C(=O)OCC(C)(C)C2. The summed E-state index contributed by atoms with van der Waals surface area (Å²) in [5.74, 6) is -1.00. The summed E-state index contributed by atoms with van der Waals surface area (Å²) in [5, 5.41) is 13.0. The number of nitrogens with zero attached hydrogens (tertiary/aromatic N) is 5. The number of hydrogen-bond acceptors (Lipinski definition) is 11. The van der Waals surface area contributed by atoms with Crippen LogP contribution in [0.1, 0.15) is 83.0 Å². The molecule has 5 heterocycles. The van der Waals surface area contributed by atoms with Crippen molar-refractivity contribution in [2.45, 2.75) is 108 Å². The molecule has 4 N–H and O–H groups in total. The van der Waals surface area contributed by atoms with Crippen LogP contribution >= 0.6 is 0 Å². The van der Waals surface area contributed by atoms with Crippen LogP contribution in [0.3, 0.4) is 0 Å². The highest BCUT2D eigenvalue weighted by Crippen LogP contribution is 2.43. The Morgan fingerprint density at radius 2 is 1.84 bits per heavy atom. The van der Waals surface area contributed by atoms with Crippen LogP contribution in [-0.4, -0.2) is 141 Å². The molecule has 4 atom stereocenters. The highest BCUT2D eigenvalue weighted by molar-refractivity contribution is 7.92. The highest BCUT2D eigenvalue weighted by Gasteiger charge is 2.40. The molecule has 4 aliphatic rings. The molecule has 5 radical (unpaired) electrons. The topological polar surface area (TPSA) is 199 Å². The third-order valence-corrected chi connectivity index (χ3v) is 17.6. The fourth-order valence-corrected chi connectivity index (χ4v) is 13.1. The minimum Gasteiger partial charge on any atom is -0.508 e. The van der Waals surface area contributed by atoms with E-state index in [9.17, 15) is 28.5 Å². The Morgan fingerprint density at radius 3 is 2.55 bits per heavy atom. The van der Waals surface area contributed by atoms with Gasteiger partial charge in [0.05, 0.1) is 39.0 Å². The molecule has 19 heteroatoms. The summed E-state index contributed by atoms with van der Waals surface area (Å²) in [6.07, 6.45) is 6.86. The number of urea groups is 1. The smallest absolute Gasteiger partial charge is 0.324 e. The first-order chi connectivity index (χ1) is 32.8. The van der Waals surface area contributed by atoms with Gasteiger partial charge in [0.1, 0.15) is 17.8 Å². The number of hydrogen-bond donors (Lipinski definition) is 4. The van der Waals surface area contributed by atoms with E-state index < -0.39 is 53.6 Å². The van der Waals surface area contributed by atoms with Gasteiger partial charge in [-0.15, -0.1) is 0 Å². The number of nitrogens with one attached hydrogen (secondary N) is 3. The summed E-state index contributed by atoms with van der Waals surface area (Å²) in [6, 6.07) is 13.7. The monoisotopic (exact) mass is 993 g/mol. The number of aryl methyl sites for hydroxylation is 1. The van der Waals surface area contributed by atoms with Crippen LogP contribution in [0.5, 0.6) is 5.75 Å². The molecule has 2 aromatic carbocycles. The molecular weight excluding hydrogens is 929 g/mol. The lowest BCUT2D eigenvalue weighted by Crippen LogP contribution is -2.59. The van der Waals surface area contributed by atoms with Gasteiger partial charge in [-0.2, -0.15) is 0 Å². The maximum atomic E-state index is 14.8. The number of carbonyl (C=O) groups excluding carboxylic acids is 4. The Morgan fingerprint density at radius 1 is 1.10 bits per heavy atom. The molecule has 2 saturated heterocycles. The van der Waals surface area contributed by atoms with Gasteiger partial charge in [-0.05, 0) is 117 Å². The first-order valence-corrected chi connectivity index (χ1v) is 27.6. The number of hydrazine groups is 1. The summed E-state index contributed by atoms with van der Waals surface area (Å²) in [6.45, 7) is 9.65. The number of phenols is 1. The van der Waals surface area contributed by atoms with Crippen LogP contribution in [0.25, 0.3) is 33.3 Å². The van der Waals surface area contributed by atoms with Gasteiger partial charge in [0, 0.05) is 89.6 Å². The molecule has 1 saturated carbocycles. The third kappa shape index (κ3) is 10.8. The highest BCUT2D eigenvalue weighted by atomic mass is 32.2. The number of methoxy groups -OCH3 is 1. The Hall–Kier alpha value is -5.09. The fraction of sp³-hybridized carbons (Fsp3) is 0.540. The Bertz CT molecular complexity index is 2710. The van der Waals surface area contributed by atoms with Gasteiger partial charge in [0.25, 0.3) is 0 Å². The number of aromatic hydroxyl groups is 1. The number of carbonyl (C=O) groups is 4. The van der Waals surface area contributed by atoms with Crippen molar-refractivity contribution in [3.8, 4) is 28.1 Å². The lowest BCUT2D eigenvalue weighted by atomic mass is 9.84. The molecule has 8 rings (SSSR count). The molecule has 16 nitrogen and oxygen atoms in total. The zero-order chi connectivity index (χ0) is 49.4. The molecule has 6 bridgehead atoms. The number of esters is 1. The number of cyclic esters (lactones) is 1. The van der Waals surface area contributed by atoms with Crippen molar-refractivity contribution in [3.63, 3.8) is 0 Å². The predicted molar refractivity (Wildman–Crippen MR) is 267 cm³/mol. The van der Waals surface area contributed by atoms with Crippen molar-refractivity contribution in [2.75, 3.05) is 51.9 Å². The number of benzene rings is 2. The Labute approximate surface area is 411 Å². The van der Waals surface area contributed by atoms with Crippen LogP contribution in [0, 0.1) is 16.1 Å². The molecule has 4 amide bonds. The van der Waals surface area contributed by atoms with E-state index in [0.29, 0.717) is 43.6 Å². The van der Waals surface area contributed by atoms with Gasteiger partial charge in [-0.1, -0.05) is 38.8 Å².